The fraction of sp³-hybridized carbons (Fsp3) is 0.317. The van der Waals surface area contributed by atoms with Crippen LogP contribution >= 0.6 is 0 Å². The molecule has 3 aromatic carbocycles. The summed E-state index contributed by atoms with van der Waals surface area (Å²) >= 11 is 0. The van der Waals surface area contributed by atoms with Gasteiger partial charge in [-0.15, -0.1) is 0 Å². The molecule has 0 saturated carbocycles. The molecule has 302 valence electrons. The number of amides is 1. The minimum Gasteiger partial charge on any atom is -0.455 e. The summed E-state index contributed by atoms with van der Waals surface area (Å²) in [4.78, 5) is 47.5. The molecule has 0 N–H and O–H groups in total. The Bertz CT molecular complexity index is 2230. The topological polar surface area (TPSA) is 109 Å². The number of aryl methyl sites for hydroxylation is 2. The van der Waals surface area contributed by atoms with Crippen LogP contribution in [0.2, 0.25) is 0 Å². The van der Waals surface area contributed by atoms with Gasteiger partial charge >= 0.3 is 24.3 Å². The lowest BCUT2D eigenvalue weighted by atomic mass is 9.92. The molecule has 2 aromatic heterocycles. The molecule has 16 heteroatoms. The van der Waals surface area contributed by atoms with Gasteiger partial charge in [-0.3, -0.25) is 4.79 Å². The summed E-state index contributed by atoms with van der Waals surface area (Å²) in [5.74, 6) is -4.93. The third-order valence-corrected chi connectivity index (χ3v) is 9.70. The highest BCUT2D eigenvalue weighted by atomic mass is 19.4. The predicted octanol–water partition coefficient (Wildman–Crippen LogP) is 7.98. The van der Waals surface area contributed by atoms with E-state index in [4.69, 9.17) is 18.9 Å². The van der Waals surface area contributed by atoms with Gasteiger partial charge in [-0.1, -0.05) is 91.0 Å². The third-order valence-electron chi connectivity index (χ3n) is 9.70. The van der Waals surface area contributed by atoms with Crippen LogP contribution in [-0.4, -0.2) is 72.8 Å². The van der Waals surface area contributed by atoms with Crippen molar-refractivity contribution in [3.05, 3.63) is 136 Å². The lowest BCUT2D eigenvalue weighted by molar-refractivity contribution is -0.278. The third kappa shape index (κ3) is 7.70. The number of ether oxygens (including phenoxy) is 4. The van der Waals surface area contributed by atoms with Gasteiger partial charge in [-0.25, -0.2) is 14.6 Å². The largest absolute Gasteiger partial charge is 0.455 e. The van der Waals surface area contributed by atoms with Crippen LogP contribution in [0.25, 0.3) is 5.65 Å². The van der Waals surface area contributed by atoms with Crippen molar-refractivity contribution in [3.8, 4) is 5.75 Å². The van der Waals surface area contributed by atoms with Gasteiger partial charge in [0.1, 0.15) is 6.10 Å². The normalized spacial score (nSPS) is 14.7. The van der Waals surface area contributed by atoms with Crippen molar-refractivity contribution >= 4 is 23.5 Å². The lowest BCUT2D eigenvalue weighted by Crippen LogP contribution is -2.52. The average molecular weight is 800 g/mol. The van der Waals surface area contributed by atoms with Crippen LogP contribution < -0.4 is 4.74 Å². The number of halogens is 6. The van der Waals surface area contributed by atoms with Crippen LogP contribution in [0.3, 0.4) is 0 Å². The van der Waals surface area contributed by atoms with Crippen molar-refractivity contribution in [2.75, 3.05) is 28.3 Å². The summed E-state index contributed by atoms with van der Waals surface area (Å²) in [5.41, 5.74) is -7.72. The Morgan fingerprint density at radius 2 is 1.21 bits per heavy atom. The Morgan fingerprint density at radius 3 is 1.67 bits per heavy atom. The number of hydrogen-bond donors (Lipinski definition) is 0. The Balaban J connectivity index is 1.69. The highest BCUT2D eigenvalue weighted by Gasteiger charge is 2.65. The summed E-state index contributed by atoms with van der Waals surface area (Å²) in [6.07, 6.45) is -11.5. The number of alkyl halides is 6. The quantitative estimate of drug-likeness (QED) is 0.0872. The average Bonchev–Trinajstić information content (AvgIpc) is 3.46. The Kier molecular flexibility index (Phi) is 12.2. The molecule has 2 heterocycles. The van der Waals surface area contributed by atoms with Crippen molar-refractivity contribution < 1.29 is 59.7 Å². The molecule has 57 heavy (non-hydrogen) atoms. The Morgan fingerprint density at radius 1 is 0.737 bits per heavy atom. The van der Waals surface area contributed by atoms with Gasteiger partial charge in [0.2, 0.25) is 0 Å². The smallest absolute Gasteiger partial charge is 0.432 e. The van der Waals surface area contributed by atoms with Crippen LogP contribution in [0, 0.1) is 13.8 Å². The van der Waals surface area contributed by atoms with Crippen LogP contribution in [-0.2, 0) is 41.4 Å². The number of esters is 2. The van der Waals surface area contributed by atoms with E-state index in [0.29, 0.717) is 18.5 Å². The van der Waals surface area contributed by atoms with Crippen LogP contribution in [0.4, 0.5) is 26.3 Å². The first-order valence-electron chi connectivity index (χ1n) is 17.4. The summed E-state index contributed by atoms with van der Waals surface area (Å²) < 4.78 is 113. The standard InChI is InChI=1S/C41H39F6N3O7/c1-25-26(2)50-24-31(35(51)49(3)4)30(33(34(50)48-25)57-37(53)39(55-6,41(45,46)47)29-20-14-9-15-21-29)22-23-32(27-16-10-7-11-17-27)56-36(52)38(54-5,40(42,43)44)28-18-12-8-13-19-28/h7-21,24,32H,22-23H2,1-6H3/t32?,38-,39+/m0/s1. The van der Waals surface area contributed by atoms with Crippen molar-refractivity contribution in [2.24, 2.45) is 0 Å². The van der Waals surface area contributed by atoms with Gasteiger partial charge < -0.3 is 28.2 Å². The van der Waals surface area contributed by atoms with Gasteiger partial charge in [-0.05, 0) is 32.3 Å². The number of aromatic nitrogens is 2. The number of imidazole rings is 1. The zero-order valence-electron chi connectivity index (χ0n) is 31.7. The summed E-state index contributed by atoms with van der Waals surface area (Å²) in [6.45, 7) is 3.23. The molecule has 0 radical (unpaired) electrons. The van der Waals surface area contributed by atoms with Gasteiger partial charge in [-0.2, -0.15) is 26.3 Å². The van der Waals surface area contributed by atoms with Gasteiger partial charge in [0.15, 0.2) is 11.4 Å². The van der Waals surface area contributed by atoms with Crippen molar-refractivity contribution in [2.45, 2.75) is 56.3 Å². The number of hydrogen-bond acceptors (Lipinski definition) is 8. The second-order valence-corrected chi connectivity index (χ2v) is 13.3. The molecule has 1 amide bonds. The molecule has 0 aliphatic heterocycles. The summed E-state index contributed by atoms with van der Waals surface area (Å²) in [7, 11) is 4.26. The number of carbonyl (C=O) groups is 3. The SMILES string of the molecule is CO[C@](C(=O)OC(CCc1c(C(=O)N(C)C)cn2c(C)c(C)nc2c1OC(=O)[C@](OC)(c1ccccc1)C(F)(F)F)c1ccccc1)(c1ccccc1)C(F)(F)F. The zero-order valence-corrected chi connectivity index (χ0v) is 31.7. The molecule has 3 atom stereocenters. The van der Waals surface area contributed by atoms with E-state index in [2.05, 4.69) is 4.98 Å². The zero-order chi connectivity index (χ0) is 41.9. The number of carbonyl (C=O) groups excluding carboxylic acids is 3. The maximum atomic E-state index is 15.1. The van der Waals surface area contributed by atoms with E-state index in [9.17, 15) is 27.6 Å². The number of pyridine rings is 1. The summed E-state index contributed by atoms with van der Waals surface area (Å²) in [6, 6.07) is 20.0. The molecular weight excluding hydrogens is 760 g/mol. The molecule has 0 spiro atoms. The molecular formula is C41H39F6N3O7. The minimum absolute atomic E-state index is 0.142. The van der Waals surface area contributed by atoms with Gasteiger partial charge in [0.05, 0.1) is 11.3 Å². The van der Waals surface area contributed by atoms with E-state index in [1.165, 1.54) is 78.1 Å². The number of rotatable bonds is 13. The Hall–Kier alpha value is -5.74. The fourth-order valence-corrected chi connectivity index (χ4v) is 6.58. The van der Waals surface area contributed by atoms with Gasteiger partial charge in [0, 0.05) is 56.9 Å². The van der Waals surface area contributed by atoms with Crippen molar-refractivity contribution in [1.29, 1.82) is 0 Å². The maximum Gasteiger partial charge on any atom is 0.432 e. The first-order valence-corrected chi connectivity index (χ1v) is 17.4. The van der Waals surface area contributed by atoms with Crippen LogP contribution in [0.1, 0.15) is 56.5 Å². The number of fused-ring (bicyclic) bond motifs is 1. The predicted molar refractivity (Wildman–Crippen MR) is 194 cm³/mol. The highest BCUT2D eigenvalue weighted by molar-refractivity contribution is 5.97. The monoisotopic (exact) mass is 799 g/mol. The molecule has 0 aliphatic rings. The number of benzene rings is 3. The minimum atomic E-state index is -5.37. The first kappa shape index (κ1) is 42.4. The second-order valence-electron chi connectivity index (χ2n) is 13.3. The van der Waals surface area contributed by atoms with Crippen LogP contribution in [0.5, 0.6) is 5.75 Å². The molecule has 1 unspecified atom stereocenters. The van der Waals surface area contributed by atoms with E-state index in [1.54, 1.807) is 32.0 Å². The maximum absolute atomic E-state index is 15.1. The molecule has 0 bridgehead atoms. The molecule has 0 fully saturated rings. The number of methoxy groups -OCH3 is 2. The molecule has 5 rings (SSSR count). The van der Waals surface area contributed by atoms with E-state index < -0.39 is 70.8 Å². The van der Waals surface area contributed by atoms with Crippen molar-refractivity contribution in [1.82, 2.24) is 14.3 Å². The van der Waals surface area contributed by atoms with E-state index in [-0.39, 0.29) is 28.8 Å². The van der Waals surface area contributed by atoms with Crippen molar-refractivity contribution in [3.63, 3.8) is 0 Å². The molecule has 0 aliphatic carbocycles. The fourth-order valence-electron chi connectivity index (χ4n) is 6.58. The Labute approximate surface area is 323 Å². The molecule has 10 nitrogen and oxygen atoms in total. The van der Waals surface area contributed by atoms with Crippen LogP contribution in [0.15, 0.2) is 97.2 Å². The van der Waals surface area contributed by atoms with E-state index in [1.807, 2.05) is 0 Å². The molecule has 0 saturated heterocycles. The van der Waals surface area contributed by atoms with E-state index >= 15 is 13.2 Å². The summed E-state index contributed by atoms with van der Waals surface area (Å²) in [5, 5.41) is 0. The highest BCUT2D eigenvalue weighted by Crippen LogP contribution is 2.46. The lowest BCUT2D eigenvalue weighted by Gasteiger charge is -2.34. The molecule has 5 aromatic rings. The van der Waals surface area contributed by atoms with Gasteiger partial charge in [0.25, 0.3) is 17.1 Å². The van der Waals surface area contributed by atoms with E-state index in [0.717, 1.165) is 31.4 Å². The first-order chi connectivity index (χ1) is 26.8. The number of nitrogens with zero attached hydrogens (tertiary/aromatic N) is 3. The second kappa shape index (κ2) is 16.4.